The Bertz CT molecular complexity index is 323. The highest BCUT2D eigenvalue weighted by Gasteiger charge is 2.25. The molecule has 2 heterocycles. The van der Waals surface area contributed by atoms with E-state index in [0.717, 1.165) is 6.54 Å². The maximum Gasteiger partial charge on any atom is 0.0439 e. The summed E-state index contributed by atoms with van der Waals surface area (Å²) < 4.78 is 0. The van der Waals surface area contributed by atoms with Gasteiger partial charge in [-0.05, 0) is 50.2 Å². The maximum atomic E-state index is 3.69. The number of hydrogen-bond acceptors (Lipinski definition) is 3. The predicted molar refractivity (Wildman–Crippen MR) is 80.2 cm³/mol. The average Bonchev–Trinajstić information content (AvgIpc) is 2.92. The number of rotatable bonds is 6. The summed E-state index contributed by atoms with van der Waals surface area (Å²) in [5, 5.41) is 5.89. The van der Waals surface area contributed by atoms with Crippen molar-refractivity contribution in [2.75, 3.05) is 19.6 Å². The largest absolute Gasteiger partial charge is 0.313 e. The van der Waals surface area contributed by atoms with Gasteiger partial charge in [-0.15, -0.1) is 11.3 Å². The molecular formula is C15H26N2S. The van der Waals surface area contributed by atoms with Crippen molar-refractivity contribution in [1.82, 2.24) is 10.2 Å². The van der Waals surface area contributed by atoms with Crippen LogP contribution in [-0.4, -0.2) is 30.6 Å². The van der Waals surface area contributed by atoms with Crippen molar-refractivity contribution in [2.45, 2.75) is 51.6 Å². The first-order valence-electron chi connectivity index (χ1n) is 7.36. The second kappa shape index (κ2) is 7.27. The van der Waals surface area contributed by atoms with E-state index in [1.807, 2.05) is 11.3 Å². The Balaban J connectivity index is 1.94. The number of likely N-dealkylation sites (tertiary alicyclic amines) is 1. The Hall–Kier alpha value is -0.380. The third-order valence-electron chi connectivity index (χ3n) is 3.83. The fourth-order valence-corrected chi connectivity index (χ4v) is 3.87. The molecule has 0 aromatic carbocycles. The predicted octanol–water partition coefficient (Wildman–Crippen LogP) is 3.66. The van der Waals surface area contributed by atoms with E-state index < -0.39 is 0 Å². The van der Waals surface area contributed by atoms with Gasteiger partial charge in [-0.3, -0.25) is 4.90 Å². The molecule has 0 aliphatic carbocycles. The number of nitrogens with one attached hydrogen (secondary N) is 1. The first kappa shape index (κ1) is 14.0. The van der Waals surface area contributed by atoms with Gasteiger partial charge in [0.1, 0.15) is 0 Å². The quantitative estimate of drug-likeness (QED) is 0.845. The Morgan fingerprint density at radius 2 is 2.39 bits per heavy atom. The van der Waals surface area contributed by atoms with Crippen molar-refractivity contribution in [3.63, 3.8) is 0 Å². The van der Waals surface area contributed by atoms with Crippen LogP contribution in [0.1, 0.15) is 50.4 Å². The topological polar surface area (TPSA) is 15.3 Å². The van der Waals surface area contributed by atoms with Crippen LogP contribution in [-0.2, 0) is 0 Å². The minimum absolute atomic E-state index is 0.635. The molecule has 1 fully saturated rings. The standard InChI is InChI=1S/C15H26N2S/c1-3-9-16-13-7-5-10-17(12-13)14(4-2)15-8-6-11-18-15/h6,8,11,13-14,16H,3-5,7,9-10,12H2,1-2H3. The summed E-state index contributed by atoms with van der Waals surface area (Å²) in [7, 11) is 0. The fourth-order valence-electron chi connectivity index (χ4n) is 2.92. The molecule has 2 nitrogen and oxygen atoms in total. The van der Waals surface area contributed by atoms with Crippen LogP contribution in [0.25, 0.3) is 0 Å². The monoisotopic (exact) mass is 266 g/mol. The number of thiophene rings is 1. The molecule has 1 aromatic rings. The second-order valence-corrected chi connectivity index (χ2v) is 6.21. The zero-order chi connectivity index (χ0) is 12.8. The first-order valence-corrected chi connectivity index (χ1v) is 8.24. The van der Waals surface area contributed by atoms with Crippen LogP contribution in [0.4, 0.5) is 0 Å². The van der Waals surface area contributed by atoms with Crippen LogP contribution >= 0.6 is 11.3 Å². The van der Waals surface area contributed by atoms with E-state index in [4.69, 9.17) is 0 Å². The molecular weight excluding hydrogens is 240 g/mol. The summed E-state index contributed by atoms with van der Waals surface area (Å²) in [6.45, 7) is 8.20. The molecule has 2 atom stereocenters. The molecule has 3 heteroatoms. The van der Waals surface area contributed by atoms with E-state index in [1.54, 1.807) is 0 Å². The molecule has 1 aliphatic heterocycles. The highest BCUT2D eigenvalue weighted by molar-refractivity contribution is 7.10. The zero-order valence-electron chi connectivity index (χ0n) is 11.7. The van der Waals surface area contributed by atoms with E-state index in [-0.39, 0.29) is 0 Å². The number of nitrogens with zero attached hydrogens (tertiary/aromatic N) is 1. The van der Waals surface area contributed by atoms with Crippen molar-refractivity contribution in [1.29, 1.82) is 0 Å². The van der Waals surface area contributed by atoms with Gasteiger partial charge in [0, 0.05) is 23.5 Å². The van der Waals surface area contributed by atoms with E-state index in [9.17, 15) is 0 Å². The Morgan fingerprint density at radius 3 is 3.06 bits per heavy atom. The van der Waals surface area contributed by atoms with Crippen LogP contribution in [0.5, 0.6) is 0 Å². The van der Waals surface area contributed by atoms with Gasteiger partial charge in [-0.2, -0.15) is 0 Å². The second-order valence-electron chi connectivity index (χ2n) is 5.23. The van der Waals surface area contributed by atoms with Crippen LogP contribution < -0.4 is 5.32 Å². The summed E-state index contributed by atoms with van der Waals surface area (Å²) in [5.41, 5.74) is 0. The first-order chi connectivity index (χ1) is 8.85. The summed E-state index contributed by atoms with van der Waals surface area (Å²) >= 11 is 1.91. The summed E-state index contributed by atoms with van der Waals surface area (Å²) in [6.07, 6.45) is 5.14. The maximum absolute atomic E-state index is 3.69. The molecule has 1 N–H and O–H groups in total. The molecule has 1 aliphatic rings. The normalized spacial score (nSPS) is 23.1. The van der Waals surface area contributed by atoms with Gasteiger partial charge in [-0.1, -0.05) is 19.9 Å². The highest BCUT2D eigenvalue weighted by Crippen LogP contribution is 2.30. The SMILES string of the molecule is CCCNC1CCCN(C(CC)c2cccs2)C1. The van der Waals surface area contributed by atoms with Gasteiger partial charge in [0.05, 0.1) is 0 Å². The van der Waals surface area contributed by atoms with E-state index in [2.05, 4.69) is 41.6 Å². The Kier molecular flexibility index (Phi) is 5.67. The Morgan fingerprint density at radius 1 is 1.50 bits per heavy atom. The molecule has 0 radical (unpaired) electrons. The van der Waals surface area contributed by atoms with Gasteiger partial charge in [0.2, 0.25) is 0 Å². The lowest BCUT2D eigenvalue weighted by atomic mass is 10.0. The summed E-state index contributed by atoms with van der Waals surface area (Å²) in [4.78, 5) is 4.22. The fraction of sp³-hybridized carbons (Fsp3) is 0.733. The third kappa shape index (κ3) is 3.56. The van der Waals surface area contributed by atoms with Crippen molar-refractivity contribution >= 4 is 11.3 Å². The van der Waals surface area contributed by atoms with Gasteiger partial charge >= 0.3 is 0 Å². The van der Waals surface area contributed by atoms with Gasteiger partial charge < -0.3 is 5.32 Å². The van der Waals surface area contributed by atoms with Gasteiger partial charge in [-0.25, -0.2) is 0 Å². The van der Waals surface area contributed by atoms with Crippen LogP contribution in [0.15, 0.2) is 17.5 Å². The molecule has 18 heavy (non-hydrogen) atoms. The lowest BCUT2D eigenvalue weighted by Gasteiger charge is -2.38. The lowest BCUT2D eigenvalue weighted by Crippen LogP contribution is -2.46. The Labute approximate surface area is 115 Å². The van der Waals surface area contributed by atoms with Gasteiger partial charge in [0.25, 0.3) is 0 Å². The molecule has 1 aromatic heterocycles. The van der Waals surface area contributed by atoms with Crippen molar-refractivity contribution < 1.29 is 0 Å². The van der Waals surface area contributed by atoms with E-state index in [0.29, 0.717) is 12.1 Å². The smallest absolute Gasteiger partial charge is 0.0439 e. The highest BCUT2D eigenvalue weighted by atomic mass is 32.1. The van der Waals surface area contributed by atoms with E-state index >= 15 is 0 Å². The third-order valence-corrected chi connectivity index (χ3v) is 4.81. The van der Waals surface area contributed by atoms with Crippen molar-refractivity contribution in [2.24, 2.45) is 0 Å². The minimum atomic E-state index is 0.635. The lowest BCUT2D eigenvalue weighted by molar-refractivity contribution is 0.135. The molecule has 0 saturated carbocycles. The summed E-state index contributed by atoms with van der Waals surface area (Å²) in [5.74, 6) is 0. The zero-order valence-corrected chi connectivity index (χ0v) is 12.5. The van der Waals surface area contributed by atoms with Crippen molar-refractivity contribution in [3.05, 3.63) is 22.4 Å². The molecule has 2 rings (SSSR count). The van der Waals surface area contributed by atoms with E-state index in [1.165, 1.54) is 43.6 Å². The molecule has 102 valence electrons. The van der Waals surface area contributed by atoms with Gasteiger partial charge in [0.15, 0.2) is 0 Å². The van der Waals surface area contributed by atoms with Crippen LogP contribution in [0.3, 0.4) is 0 Å². The summed E-state index contributed by atoms with van der Waals surface area (Å²) in [6, 6.07) is 5.81. The van der Waals surface area contributed by atoms with Crippen molar-refractivity contribution in [3.8, 4) is 0 Å². The minimum Gasteiger partial charge on any atom is -0.313 e. The number of hydrogen-bond donors (Lipinski definition) is 1. The molecule has 0 bridgehead atoms. The molecule has 0 amide bonds. The number of piperidine rings is 1. The molecule has 0 spiro atoms. The average molecular weight is 266 g/mol. The molecule has 2 unspecified atom stereocenters. The van der Waals surface area contributed by atoms with Crippen LogP contribution in [0.2, 0.25) is 0 Å². The molecule has 1 saturated heterocycles. The van der Waals surface area contributed by atoms with Crippen LogP contribution in [0, 0.1) is 0 Å².